The van der Waals surface area contributed by atoms with Crippen LogP contribution in [0.15, 0.2) is 30.3 Å². The molecule has 2 aromatic rings. The van der Waals surface area contributed by atoms with E-state index in [1.165, 1.54) is 29.5 Å². The van der Waals surface area contributed by atoms with Crippen molar-refractivity contribution in [3.8, 4) is 0 Å². The summed E-state index contributed by atoms with van der Waals surface area (Å²) in [5.41, 5.74) is 0.435. The molecule has 1 N–H and O–H groups in total. The monoisotopic (exact) mass is 259 g/mol. The Hall–Kier alpha value is -0.860. The van der Waals surface area contributed by atoms with Crippen molar-refractivity contribution in [3.63, 3.8) is 0 Å². The first kappa shape index (κ1) is 12.2. The molecule has 1 aliphatic carbocycles. The molecular formula is C16H21NS. The number of hydrogen-bond donors (Lipinski definition) is 1. The fraction of sp³-hybridized carbons (Fsp3) is 0.500. The minimum absolute atomic E-state index is 0.435. The lowest BCUT2D eigenvalue weighted by Gasteiger charge is -2.09. The molecule has 1 aromatic carbocycles. The molecule has 2 unspecified atom stereocenters. The fourth-order valence-corrected chi connectivity index (χ4v) is 4.07. The zero-order chi connectivity index (χ0) is 12.6. The summed E-state index contributed by atoms with van der Waals surface area (Å²) in [6.07, 6.45) is 2.57. The predicted octanol–water partition coefficient (Wildman–Crippen LogP) is 4.18. The third-order valence-electron chi connectivity index (χ3n) is 4.22. The van der Waals surface area contributed by atoms with Gasteiger partial charge < -0.3 is 5.32 Å². The Labute approximate surface area is 113 Å². The number of nitrogens with one attached hydrogen (secondary N) is 1. The average molecular weight is 259 g/mol. The molecule has 0 bridgehead atoms. The normalized spacial score (nSPS) is 26.7. The van der Waals surface area contributed by atoms with Crippen LogP contribution in [0.4, 0.5) is 0 Å². The second kappa shape index (κ2) is 4.67. The van der Waals surface area contributed by atoms with Crippen LogP contribution in [0.25, 0.3) is 10.1 Å². The molecular weight excluding hydrogens is 238 g/mol. The lowest BCUT2D eigenvalue weighted by Crippen LogP contribution is -2.20. The van der Waals surface area contributed by atoms with Gasteiger partial charge in [0, 0.05) is 15.0 Å². The van der Waals surface area contributed by atoms with E-state index in [1.807, 2.05) is 11.3 Å². The summed E-state index contributed by atoms with van der Waals surface area (Å²) >= 11 is 1.98. The maximum Gasteiger partial charge on any atom is 0.0345 e. The van der Waals surface area contributed by atoms with Gasteiger partial charge in [0.05, 0.1) is 0 Å². The smallest absolute Gasteiger partial charge is 0.0345 e. The predicted molar refractivity (Wildman–Crippen MR) is 80.4 cm³/mol. The van der Waals surface area contributed by atoms with Gasteiger partial charge in [-0.2, -0.15) is 0 Å². The average Bonchev–Trinajstić information content (AvgIpc) is 2.87. The van der Waals surface area contributed by atoms with Gasteiger partial charge in [-0.3, -0.25) is 0 Å². The summed E-state index contributed by atoms with van der Waals surface area (Å²) < 4.78 is 1.43. The molecule has 1 heterocycles. The quantitative estimate of drug-likeness (QED) is 0.794. The summed E-state index contributed by atoms with van der Waals surface area (Å²) in [5, 5.41) is 4.97. The highest BCUT2D eigenvalue weighted by Crippen LogP contribution is 2.56. The molecule has 0 aliphatic heterocycles. The number of benzene rings is 1. The molecule has 1 aliphatic rings. The Morgan fingerprint density at radius 3 is 3.00 bits per heavy atom. The molecule has 2 heteroatoms. The molecule has 3 rings (SSSR count). The molecule has 1 nitrogen and oxygen atoms in total. The molecule has 96 valence electrons. The van der Waals surface area contributed by atoms with Crippen molar-refractivity contribution in [1.29, 1.82) is 0 Å². The van der Waals surface area contributed by atoms with Crippen LogP contribution in [-0.4, -0.2) is 13.1 Å². The van der Waals surface area contributed by atoms with E-state index in [0.29, 0.717) is 5.41 Å². The van der Waals surface area contributed by atoms with E-state index in [1.54, 1.807) is 4.88 Å². The van der Waals surface area contributed by atoms with Crippen LogP contribution >= 0.6 is 11.3 Å². The Balaban J connectivity index is 1.75. The second-order valence-electron chi connectivity index (χ2n) is 5.67. The van der Waals surface area contributed by atoms with E-state index in [2.05, 4.69) is 49.5 Å². The van der Waals surface area contributed by atoms with Crippen LogP contribution in [0.5, 0.6) is 0 Å². The van der Waals surface area contributed by atoms with E-state index in [9.17, 15) is 0 Å². The zero-order valence-corrected chi connectivity index (χ0v) is 12.0. The summed E-state index contributed by atoms with van der Waals surface area (Å²) in [7, 11) is 0. The van der Waals surface area contributed by atoms with Crippen molar-refractivity contribution >= 4 is 21.4 Å². The largest absolute Gasteiger partial charge is 0.316 e. The molecule has 1 fully saturated rings. The van der Waals surface area contributed by atoms with Crippen LogP contribution in [0.3, 0.4) is 0 Å². The van der Waals surface area contributed by atoms with Gasteiger partial charge in [0.25, 0.3) is 0 Å². The Bertz CT molecular complexity index is 512. The second-order valence-corrected chi connectivity index (χ2v) is 6.75. The van der Waals surface area contributed by atoms with Gasteiger partial charge in [-0.05, 0) is 49.4 Å². The summed E-state index contributed by atoms with van der Waals surface area (Å²) in [6, 6.07) is 11.1. The van der Waals surface area contributed by atoms with Crippen LogP contribution < -0.4 is 5.32 Å². The van der Waals surface area contributed by atoms with E-state index in [0.717, 1.165) is 12.5 Å². The highest BCUT2D eigenvalue weighted by molar-refractivity contribution is 7.19. The Morgan fingerprint density at radius 1 is 1.39 bits per heavy atom. The molecule has 18 heavy (non-hydrogen) atoms. The molecule has 2 atom stereocenters. The van der Waals surface area contributed by atoms with E-state index >= 15 is 0 Å². The topological polar surface area (TPSA) is 12.0 Å². The van der Waals surface area contributed by atoms with Crippen molar-refractivity contribution in [1.82, 2.24) is 5.32 Å². The minimum atomic E-state index is 0.435. The van der Waals surface area contributed by atoms with Gasteiger partial charge in [-0.25, -0.2) is 0 Å². The summed E-state index contributed by atoms with van der Waals surface area (Å²) in [4.78, 5) is 1.58. The lowest BCUT2D eigenvalue weighted by molar-refractivity contribution is 0.579. The molecule has 1 aromatic heterocycles. The molecule has 0 spiro atoms. The first-order valence-corrected chi connectivity index (χ1v) is 7.75. The number of fused-ring (bicyclic) bond motifs is 1. The third kappa shape index (κ3) is 2.08. The van der Waals surface area contributed by atoms with E-state index in [-0.39, 0.29) is 0 Å². The fourth-order valence-electron chi connectivity index (χ4n) is 2.77. The van der Waals surface area contributed by atoms with Gasteiger partial charge in [-0.1, -0.05) is 32.0 Å². The van der Waals surface area contributed by atoms with E-state index < -0.39 is 0 Å². The highest BCUT2D eigenvalue weighted by Gasteiger charge is 2.51. The Morgan fingerprint density at radius 2 is 2.22 bits per heavy atom. The van der Waals surface area contributed by atoms with Crippen molar-refractivity contribution in [3.05, 3.63) is 35.2 Å². The molecule has 0 saturated heterocycles. The maximum absolute atomic E-state index is 3.56. The van der Waals surface area contributed by atoms with Crippen LogP contribution in [-0.2, 0) is 5.41 Å². The SMILES string of the molecule is CCCNCC1CC1(C)c1cc2ccccc2s1. The van der Waals surface area contributed by atoms with Crippen molar-refractivity contribution in [2.24, 2.45) is 5.92 Å². The number of rotatable bonds is 5. The van der Waals surface area contributed by atoms with Crippen molar-refractivity contribution < 1.29 is 0 Å². The standard InChI is InChI=1S/C16H21NS/c1-3-8-17-11-13-10-16(13,2)15-9-12-6-4-5-7-14(12)18-15/h4-7,9,13,17H,3,8,10-11H2,1-2H3. The van der Waals surface area contributed by atoms with Gasteiger partial charge >= 0.3 is 0 Å². The van der Waals surface area contributed by atoms with Crippen LogP contribution in [0.1, 0.15) is 31.6 Å². The van der Waals surface area contributed by atoms with Crippen molar-refractivity contribution in [2.75, 3.05) is 13.1 Å². The number of thiophene rings is 1. The van der Waals surface area contributed by atoms with Crippen molar-refractivity contribution in [2.45, 2.75) is 32.1 Å². The van der Waals surface area contributed by atoms with Gasteiger partial charge in [0.2, 0.25) is 0 Å². The molecule has 0 radical (unpaired) electrons. The van der Waals surface area contributed by atoms with Gasteiger partial charge in [-0.15, -0.1) is 11.3 Å². The number of hydrogen-bond acceptors (Lipinski definition) is 2. The summed E-state index contributed by atoms with van der Waals surface area (Å²) in [5.74, 6) is 0.831. The third-order valence-corrected chi connectivity index (χ3v) is 5.61. The van der Waals surface area contributed by atoms with Gasteiger partial charge in [0.1, 0.15) is 0 Å². The molecule has 1 saturated carbocycles. The molecule has 0 amide bonds. The first-order valence-electron chi connectivity index (χ1n) is 6.94. The highest BCUT2D eigenvalue weighted by atomic mass is 32.1. The zero-order valence-electron chi connectivity index (χ0n) is 11.2. The first-order chi connectivity index (χ1) is 8.74. The van der Waals surface area contributed by atoms with Gasteiger partial charge in [0.15, 0.2) is 0 Å². The lowest BCUT2D eigenvalue weighted by atomic mass is 10.0. The van der Waals surface area contributed by atoms with Crippen LogP contribution in [0, 0.1) is 5.92 Å². The Kier molecular flexibility index (Phi) is 3.16. The summed E-state index contributed by atoms with van der Waals surface area (Å²) in [6.45, 7) is 6.98. The maximum atomic E-state index is 3.56. The van der Waals surface area contributed by atoms with Crippen LogP contribution in [0.2, 0.25) is 0 Å². The minimum Gasteiger partial charge on any atom is -0.316 e. The van der Waals surface area contributed by atoms with E-state index in [4.69, 9.17) is 0 Å².